The molecule has 0 saturated heterocycles. The third-order valence-corrected chi connectivity index (χ3v) is 3.05. The van der Waals surface area contributed by atoms with Crippen molar-refractivity contribution in [1.82, 2.24) is 19.9 Å². The molecule has 1 atom stereocenters. The number of fused-ring (bicyclic) bond motifs is 1. The van der Waals surface area contributed by atoms with Crippen molar-refractivity contribution >= 4 is 11.0 Å². The zero-order chi connectivity index (χ0) is 13.3. The van der Waals surface area contributed by atoms with E-state index in [2.05, 4.69) is 49.5 Å². The van der Waals surface area contributed by atoms with E-state index in [0.29, 0.717) is 0 Å². The van der Waals surface area contributed by atoms with Crippen molar-refractivity contribution in [2.45, 2.75) is 46.2 Å². The predicted octanol–water partition coefficient (Wildman–Crippen LogP) is 2.86. The lowest BCUT2D eigenvalue weighted by atomic mass is 10.1. The summed E-state index contributed by atoms with van der Waals surface area (Å²) in [5, 5.41) is 3.43. The summed E-state index contributed by atoms with van der Waals surface area (Å²) in [6.45, 7) is 11.8. The molecule has 0 bridgehead atoms. The van der Waals surface area contributed by atoms with Gasteiger partial charge in [0, 0.05) is 11.7 Å². The SMILES string of the molecule is CCNC(C)c1nc2cnccc2n1C(C)(C)C. The highest BCUT2D eigenvalue weighted by Gasteiger charge is 2.23. The van der Waals surface area contributed by atoms with Crippen LogP contribution in [0.5, 0.6) is 0 Å². The Morgan fingerprint density at radius 2 is 2.11 bits per heavy atom. The van der Waals surface area contributed by atoms with Crippen LogP contribution in [0.1, 0.15) is 46.5 Å². The van der Waals surface area contributed by atoms with Gasteiger partial charge in [0.2, 0.25) is 0 Å². The molecule has 18 heavy (non-hydrogen) atoms. The number of hydrogen-bond donors (Lipinski definition) is 1. The van der Waals surface area contributed by atoms with Crippen molar-refractivity contribution in [3.05, 3.63) is 24.3 Å². The summed E-state index contributed by atoms with van der Waals surface area (Å²) in [5.41, 5.74) is 2.12. The molecule has 0 aliphatic heterocycles. The van der Waals surface area contributed by atoms with Gasteiger partial charge in [0.25, 0.3) is 0 Å². The van der Waals surface area contributed by atoms with Crippen LogP contribution in [0, 0.1) is 0 Å². The van der Waals surface area contributed by atoms with E-state index in [9.17, 15) is 0 Å². The molecule has 4 heteroatoms. The van der Waals surface area contributed by atoms with Crippen molar-refractivity contribution < 1.29 is 0 Å². The van der Waals surface area contributed by atoms with Crippen molar-refractivity contribution in [2.24, 2.45) is 0 Å². The van der Waals surface area contributed by atoms with Crippen LogP contribution in [0.3, 0.4) is 0 Å². The van der Waals surface area contributed by atoms with Crippen LogP contribution in [0.4, 0.5) is 0 Å². The second-order valence-corrected chi connectivity index (χ2v) is 5.62. The maximum Gasteiger partial charge on any atom is 0.127 e. The fourth-order valence-corrected chi connectivity index (χ4v) is 2.34. The first-order valence-corrected chi connectivity index (χ1v) is 6.51. The van der Waals surface area contributed by atoms with Gasteiger partial charge < -0.3 is 9.88 Å². The van der Waals surface area contributed by atoms with Gasteiger partial charge in [-0.2, -0.15) is 0 Å². The fourth-order valence-electron chi connectivity index (χ4n) is 2.34. The molecule has 0 aliphatic carbocycles. The van der Waals surface area contributed by atoms with E-state index in [-0.39, 0.29) is 11.6 Å². The van der Waals surface area contributed by atoms with Gasteiger partial charge >= 0.3 is 0 Å². The number of nitrogens with zero attached hydrogens (tertiary/aromatic N) is 3. The second-order valence-electron chi connectivity index (χ2n) is 5.62. The summed E-state index contributed by atoms with van der Waals surface area (Å²) >= 11 is 0. The average Bonchev–Trinajstić information content (AvgIpc) is 2.68. The molecule has 98 valence electrons. The molecule has 2 aromatic rings. The molecule has 0 fully saturated rings. The summed E-state index contributed by atoms with van der Waals surface area (Å²) < 4.78 is 2.30. The molecular formula is C14H22N4. The van der Waals surface area contributed by atoms with Gasteiger partial charge in [-0.25, -0.2) is 4.98 Å². The van der Waals surface area contributed by atoms with Gasteiger partial charge in [-0.15, -0.1) is 0 Å². The lowest BCUT2D eigenvalue weighted by Gasteiger charge is -2.26. The van der Waals surface area contributed by atoms with Crippen LogP contribution in [-0.4, -0.2) is 21.1 Å². The van der Waals surface area contributed by atoms with Gasteiger partial charge in [-0.3, -0.25) is 4.98 Å². The lowest BCUT2D eigenvalue weighted by Crippen LogP contribution is -2.29. The summed E-state index contributed by atoms with van der Waals surface area (Å²) in [4.78, 5) is 8.89. The van der Waals surface area contributed by atoms with Crippen LogP contribution < -0.4 is 5.32 Å². The lowest BCUT2D eigenvalue weighted by molar-refractivity contribution is 0.376. The highest BCUT2D eigenvalue weighted by molar-refractivity contribution is 5.75. The maximum absolute atomic E-state index is 4.74. The minimum Gasteiger partial charge on any atom is -0.321 e. The molecule has 1 N–H and O–H groups in total. The zero-order valence-corrected chi connectivity index (χ0v) is 11.9. The Morgan fingerprint density at radius 3 is 2.72 bits per heavy atom. The van der Waals surface area contributed by atoms with Crippen LogP contribution >= 0.6 is 0 Å². The number of rotatable bonds is 3. The van der Waals surface area contributed by atoms with E-state index in [1.54, 1.807) is 0 Å². The van der Waals surface area contributed by atoms with E-state index >= 15 is 0 Å². The normalized spacial score (nSPS) is 14.1. The molecular weight excluding hydrogens is 224 g/mol. The zero-order valence-electron chi connectivity index (χ0n) is 11.9. The first kappa shape index (κ1) is 13.0. The van der Waals surface area contributed by atoms with Gasteiger partial charge in [0.1, 0.15) is 11.3 Å². The third-order valence-electron chi connectivity index (χ3n) is 3.05. The highest BCUT2D eigenvalue weighted by Crippen LogP contribution is 2.27. The van der Waals surface area contributed by atoms with E-state index in [0.717, 1.165) is 23.4 Å². The Hall–Kier alpha value is -1.42. The highest BCUT2D eigenvalue weighted by atomic mass is 15.2. The second kappa shape index (κ2) is 4.69. The minimum absolute atomic E-state index is 0.00905. The molecule has 0 spiro atoms. The smallest absolute Gasteiger partial charge is 0.127 e. The Kier molecular flexibility index (Phi) is 3.39. The van der Waals surface area contributed by atoms with Crippen molar-refractivity contribution in [3.63, 3.8) is 0 Å². The third kappa shape index (κ3) is 2.25. The molecule has 4 nitrogen and oxygen atoms in total. The van der Waals surface area contributed by atoms with Crippen molar-refractivity contribution in [1.29, 1.82) is 0 Å². The standard InChI is InChI=1S/C14H22N4/c1-6-16-10(2)13-17-11-9-15-8-7-12(11)18(13)14(3,4)5/h7-10,16H,6H2,1-5H3. The van der Waals surface area contributed by atoms with Gasteiger partial charge in [-0.1, -0.05) is 6.92 Å². The molecule has 1 unspecified atom stereocenters. The quantitative estimate of drug-likeness (QED) is 0.905. The van der Waals surface area contributed by atoms with E-state index < -0.39 is 0 Å². The number of pyridine rings is 1. The first-order chi connectivity index (χ1) is 8.45. The first-order valence-electron chi connectivity index (χ1n) is 6.51. The van der Waals surface area contributed by atoms with Crippen LogP contribution in [0.2, 0.25) is 0 Å². The summed E-state index contributed by atoms with van der Waals surface area (Å²) in [5.74, 6) is 1.08. The molecule has 0 aliphatic rings. The van der Waals surface area contributed by atoms with Crippen molar-refractivity contribution in [2.75, 3.05) is 6.54 Å². The maximum atomic E-state index is 4.74. The predicted molar refractivity (Wildman–Crippen MR) is 74.6 cm³/mol. The summed E-state index contributed by atoms with van der Waals surface area (Å²) in [6, 6.07) is 2.28. The number of aromatic nitrogens is 3. The topological polar surface area (TPSA) is 42.7 Å². The minimum atomic E-state index is 0.00905. The van der Waals surface area contributed by atoms with Crippen LogP contribution in [0.15, 0.2) is 18.5 Å². The summed E-state index contributed by atoms with van der Waals surface area (Å²) in [7, 11) is 0. The molecule has 2 aromatic heterocycles. The van der Waals surface area contributed by atoms with Crippen molar-refractivity contribution in [3.8, 4) is 0 Å². The Morgan fingerprint density at radius 1 is 1.39 bits per heavy atom. The van der Waals surface area contributed by atoms with Crippen LogP contribution in [-0.2, 0) is 5.54 Å². The van der Waals surface area contributed by atoms with E-state index in [4.69, 9.17) is 4.98 Å². The summed E-state index contributed by atoms with van der Waals surface area (Å²) in [6.07, 6.45) is 3.66. The molecule has 0 radical (unpaired) electrons. The fraction of sp³-hybridized carbons (Fsp3) is 0.571. The molecule has 0 saturated carbocycles. The van der Waals surface area contributed by atoms with E-state index in [1.165, 1.54) is 0 Å². The molecule has 2 rings (SSSR count). The Labute approximate surface area is 108 Å². The molecule has 2 heterocycles. The average molecular weight is 246 g/mol. The molecule has 0 aromatic carbocycles. The monoisotopic (exact) mass is 246 g/mol. The Bertz CT molecular complexity index is 536. The number of nitrogens with one attached hydrogen (secondary N) is 1. The Balaban J connectivity index is 2.64. The van der Waals surface area contributed by atoms with Crippen LogP contribution in [0.25, 0.3) is 11.0 Å². The largest absolute Gasteiger partial charge is 0.321 e. The van der Waals surface area contributed by atoms with Gasteiger partial charge in [0.15, 0.2) is 0 Å². The van der Waals surface area contributed by atoms with Gasteiger partial charge in [-0.05, 0) is 40.3 Å². The molecule has 0 amide bonds. The number of hydrogen-bond acceptors (Lipinski definition) is 3. The van der Waals surface area contributed by atoms with E-state index in [1.807, 2.05) is 18.5 Å². The number of imidazole rings is 1. The van der Waals surface area contributed by atoms with Gasteiger partial charge in [0.05, 0.1) is 17.8 Å².